The van der Waals surface area contributed by atoms with Crippen molar-refractivity contribution in [3.8, 4) is 28.7 Å². The molecule has 0 radical (unpaired) electrons. The van der Waals surface area contributed by atoms with Gasteiger partial charge in [0, 0.05) is 22.5 Å². The number of rotatable bonds is 6. The summed E-state index contributed by atoms with van der Waals surface area (Å²) in [5.74, 6) is 1.68. The van der Waals surface area contributed by atoms with Gasteiger partial charge in [0.2, 0.25) is 12.5 Å². The first-order valence-corrected chi connectivity index (χ1v) is 12.7. The standard InChI is InChI=1S/C29H28ClNO7/c1-14-7-16(5-6-20(14)30)31-27-18-11-22-21(37-13-38-22)10-17(18)25(26-19(27)12-36-29(26)32)15-8-23(33-2)28(35-4)24(9-15)34-3/h5-11,19,25-27,31H,12-13H2,1-4H3/t19-,25+,26-,27+/m0/s1. The molecule has 9 heteroatoms. The number of hydrogen-bond donors (Lipinski definition) is 1. The minimum atomic E-state index is -0.448. The van der Waals surface area contributed by atoms with Crippen LogP contribution in [0.15, 0.2) is 42.5 Å². The highest BCUT2D eigenvalue weighted by Gasteiger charge is 2.52. The summed E-state index contributed by atoms with van der Waals surface area (Å²) in [5, 5.41) is 4.36. The van der Waals surface area contributed by atoms with Gasteiger partial charge in [-0.25, -0.2) is 0 Å². The van der Waals surface area contributed by atoms with E-state index in [9.17, 15) is 4.79 Å². The zero-order chi connectivity index (χ0) is 26.6. The Balaban J connectivity index is 1.54. The largest absolute Gasteiger partial charge is 0.493 e. The molecule has 0 amide bonds. The Hall–Kier alpha value is -3.78. The predicted octanol–water partition coefficient (Wildman–Crippen LogP) is 5.49. The van der Waals surface area contributed by atoms with E-state index in [-0.39, 0.29) is 30.6 Å². The molecule has 2 aliphatic heterocycles. The lowest BCUT2D eigenvalue weighted by Gasteiger charge is -2.40. The lowest BCUT2D eigenvalue weighted by atomic mass is 9.65. The quantitative estimate of drug-likeness (QED) is 0.413. The van der Waals surface area contributed by atoms with Crippen molar-refractivity contribution in [1.29, 1.82) is 0 Å². The van der Waals surface area contributed by atoms with Crippen LogP contribution in [0.1, 0.15) is 34.2 Å². The van der Waals surface area contributed by atoms with Crippen molar-refractivity contribution in [2.75, 3.05) is 40.0 Å². The van der Waals surface area contributed by atoms with E-state index in [0.29, 0.717) is 40.4 Å². The van der Waals surface area contributed by atoms with Gasteiger partial charge in [-0.15, -0.1) is 0 Å². The monoisotopic (exact) mass is 537 g/mol. The molecule has 1 saturated heterocycles. The smallest absolute Gasteiger partial charge is 0.310 e. The van der Waals surface area contributed by atoms with E-state index < -0.39 is 5.92 Å². The Morgan fingerprint density at radius 1 is 0.895 bits per heavy atom. The molecule has 4 atom stereocenters. The summed E-state index contributed by atoms with van der Waals surface area (Å²) in [4.78, 5) is 13.4. The SMILES string of the molecule is COc1cc([C@@H]2c3cc4c(cc3[C@@H](Nc3ccc(Cl)c(C)c3)[C@H]3COC(=O)[C@H]23)OCO4)cc(OC)c1OC. The number of fused-ring (bicyclic) bond motifs is 3. The third kappa shape index (κ3) is 3.86. The van der Waals surface area contributed by atoms with Gasteiger partial charge in [0.05, 0.1) is 39.9 Å². The Morgan fingerprint density at radius 2 is 1.58 bits per heavy atom. The maximum atomic E-state index is 13.4. The second-order valence-corrected chi connectivity index (χ2v) is 10.1. The average Bonchev–Trinajstić information content (AvgIpc) is 3.55. The van der Waals surface area contributed by atoms with Gasteiger partial charge in [-0.2, -0.15) is 0 Å². The molecular formula is C29H28ClNO7. The summed E-state index contributed by atoms with van der Waals surface area (Å²) < 4.78 is 34.0. The van der Waals surface area contributed by atoms with Crippen molar-refractivity contribution in [1.82, 2.24) is 0 Å². The molecule has 2 heterocycles. The van der Waals surface area contributed by atoms with Crippen LogP contribution >= 0.6 is 11.6 Å². The number of hydrogen-bond acceptors (Lipinski definition) is 8. The van der Waals surface area contributed by atoms with Gasteiger partial charge >= 0.3 is 5.97 Å². The van der Waals surface area contributed by atoms with E-state index in [1.165, 1.54) is 0 Å². The molecule has 0 unspecified atom stereocenters. The molecule has 1 N–H and O–H groups in total. The number of halogens is 1. The molecular weight excluding hydrogens is 510 g/mol. The van der Waals surface area contributed by atoms with E-state index in [2.05, 4.69) is 5.32 Å². The summed E-state index contributed by atoms with van der Waals surface area (Å²) in [7, 11) is 4.72. The Morgan fingerprint density at radius 3 is 2.21 bits per heavy atom. The first-order chi connectivity index (χ1) is 18.4. The van der Waals surface area contributed by atoms with Gasteiger partial charge < -0.3 is 33.7 Å². The summed E-state index contributed by atoms with van der Waals surface area (Å²) >= 11 is 6.28. The molecule has 198 valence electrons. The molecule has 0 bridgehead atoms. The van der Waals surface area contributed by atoms with E-state index >= 15 is 0 Å². The van der Waals surface area contributed by atoms with Gasteiger partial charge in [0.25, 0.3) is 0 Å². The van der Waals surface area contributed by atoms with Gasteiger partial charge in [-0.3, -0.25) is 4.79 Å². The average molecular weight is 538 g/mol. The minimum absolute atomic E-state index is 0.143. The van der Waals surface area contributed by atoms with Crippen LogP contribution in [0.5, 0.6) is 28.7 Å². The fraction of sp³-hybridized carbons (Fsp3) is 0.345. The number of carbonyl (C=O) groups is 1. The Labute approximate surface area is 225 Å². The summed E-state index contributed by atoms with van der Waals surface area (Å²) in [6.07, 6.45) is 0. The molecule has 1 aliphatic carbocycles. The molecule has 0 saturated carbocycles. The van der Waals surface area contributed by atoms with E-state index in [1.807, 2.05) is 49.4 Å². The van der Waals surface area contributed by atoms with Crippen molar-refractivity contribution >= 4 is 23.3 Å². The molecule has 3 aromatic carbocycles. The number of ether oxygens (including phenoxy) is 6. The lowest BCUT2D eigenvalue weighted by molar-refractivity contribution is -0.141. The van der Waals surface area contributed by atoms with E-state index in [4.69, 9.17) is 40.0 Å². The van der Waals surface area contributed by atoms with Crippen molar-refractivity contribution in [2.24, 2.45) is 11.8 Å². The van der Waals surface area contributed by atoms with Crippen molar-refractivity contribution in [3.63, 3.8) is 0 Å². The maximum absolute atomic E-state index is 13.4. The van der Waals surface area contributed by atoms with Crippen LogP contribution in [0, 0.1) is 18.8 Å². The number of carbonyl (C=O) groups excluding carboxylic acids is 1. The molecule has 0 aromatic heterocycles. The number of anilines is 1. The lowest BCUT2D eigenvalue weighted by Crippen LogP contribution is -2.37. The molecule has 3 aromatic rings. The fourth-order valence-corrected chi connectivity index (χ4v) is 6.06. The van der Waals surface area contributed by atoms with Crippen LogP contribution in [0.25, 0.3) is 0 Å². The van der Waals surface area contributed by atoms with Gasteiger partial charge in [0.15, 0.2) is 23.0 Å². The summed E-state index contributed by atoms with van der Waals surface area (Å²) in [6.45, 7) is 2.41. The van der Waals surface area contributed by atoms with Crippen molar-refractivity contribution in [2.45, 2.75) is 18.9 Å². The summed E-state index contributed by atoms with van der Waals surface area (Å²) in [5.41, 5.74) is 4.69. The highest BCUT2D eigenvalue weighted by Crippen LogP contribution is 2.56. The zero-order valence-electron chi connectivity index (χ0n) is 21.5. The van der Waals surface area contributed by atoms with Crippen LogP contribution in [0.3, 0.4) is 0 Å². The highest BCUT2D eigenvalue weighted by molar-refractivity contribution is 6.31. The Kier molecular flexibility index (Phi) is 6.14. The second kappa shape index (κ2) is 9.51. The number of esters is 1. The van der Waals surface area contributed by atoms with Gasteiger partial charge in [-0.05, 0) is 71.6 Å². The topological polar surface area (TPSA) is 84.5 Å². The highest BCUT2D eigenvalue weighted by atomic mass is 35.5. The molecule has 0 spiro atoms. The van der Waals surface area contributed by atoms with Gasteiger partial charge in [-0.1, -0.05) is 11.6 Å². The molecule has 3 aliphatic rings. The van der Waals surface area contributed by atoms with Crippen molar-refractivity contribution < 1.29 is 33.2 Å². The molecule has 6 rings (SSSR count). The van der Waals surface area contributed by atoms with Crippen LogP contribution in [0.4, 0.5) is 5.69 Å². The normalized spacial score (nSPS) is 22.8. The predicted molar refractivity (Wildman–Crippen MR) is 141 cm³/mol. The number of aryl methyl sites for hydroxylation is 1. The number of methoxy groups -OCH3 is 3. The number of cyclic esters (lactones) is 1. The van der Waals surface area contributed by atoms with Gasteiger partial charge in [0.1, 0.15) is 0 Å². The Bertz CT molecular complexity index is 1400. The van der Waals surface area contributed by atoms with Crippen LogP contribution in [0.2, 0.25) is 5.02 Å². The van der Waals surface area contributed by atoms with Crippen LogP contribution in [-0.4, -0.2) is 40.7 Å². The molecule has 8 nitrogen and oxygen atoms in total. The first-order valence-electron chi connectivity index (χ1n) is 12.4. The molecule has 1 fully saturated rings. The third-order valence-corrected chi connectivity index (χ3v) is 8.14. The minimum Gasteiger partial charge on any atom is -0.493 e. The molecule has 38 heavy (non-hydrogen) atoms. The fourth-order valence-electron chi connectivity index (χ4n) is 5.94. The second-order valence-electron chi connectivity index (χ2n) is 9.68. The van der Waals surface area contributed by atoms with Crippen molar-refractivity contribution in [3.05, 3.63) is 69.7 Å². The zero-order valence-corrected chi connectivity index (χ0v) is 22.3. The summed E-state index contributed by atoms with van der Waals surface area (Å²) in [6, 6.07) is 13.4. The number of benzene rings is 3. The van der Waals surface area contributed by atoms with Crippen LogP contribution < -0.4 is 29.0 Å². The van der Waals surface area contributed by atoms with E-state index in [1.54, 1.807) is 21.3 Å². The first kappa shape index (κ1) is 24.6. The number of nitrogens with one attached hydrogen (secondary N) is 1. The van der Waals surface area contributed by atoms with E-state index in [0.717, 1.165) is 27.9 Å². The maximum Gasteiger partial charge on any atom is 0.310 e. The van der Waals surface area contributed by atoms with Crippen LogP contribution in [-0.2, 0) is 9.53 Å². The third-order valence-electron chi connectivity index (χ3n) is 7.71.